The Morgan fingerprint density at radius 3 is 2.76 bits per heavy atom. The minimum atomic E-state index is 0.846. The molecule has 2 saturated heterocycles. The predicted octanol–water partition coefficient (Wildman–Crippen LogP) is 3.20. The van der Waals surface area contributed by atoms with Crippen molar-refractivity contribution in [3.8, 4) is 0 Å². The van der Waals surface area contributed by atoms with Crippen molar-refractivity contribution in [2.24, 2.45) is 5.92 Å². The molecule has 3 atom stereocenters. The van der Waals surface area contributed by atoms with E-state index in [1.54, 1.807) is 11.1 Å². The van der Waals surface area contributed by atoms with E-state index >= 15 is 0 Å². The maximum Gasteiger partial charge on any atom is 0.0195 e. The number of fused-ring (bicyclic) bond motifs is 2. The Hall–Kier alpha value is -0.820. The number of piperidine rings is 2. The van der Waals surface area contributed by atoms with Crippen LogP contribution in [0.5, 0.6) is 0 Å². The molecule has 1 aromatic carbocycles. The lowest BCUT2D eigenvalue weighted by molar-refractivity contribution is 0.0350. The number of hydrogen-bond donors (Lipinski definition) is 0. The van der Waals surface area contributed by atoms with E-state index in [4.69, 9.17) is 0 Å². The van der Waals surface area contributed by atoms with Crippen molar-refractivity contribution < 1.29 is 0 Å². The molecule has 1 aliphatic carbocycles. The maximum atomic E-state index is 2.80. The molecule has 1 heteroatoms. The molecular formula is C16H21N. The van der Waals surface area contributed by atoms with Crippen LogP contribution in [0.4, 0.5) is 0 Å². The van der Waals surface area contributed by atoms with Gasteiger partial charge in [0.25, 0.3) is 0 Å². The molecule has 3 aliphatic rings. The lowest BCUT2D eigenvalue weighted by atomic mass is 9.66. The van der Waals surface area contributed by atoms with Crippen LogP contribution in [-0.4, -0.2) is 24.0 Å². The summed E-state index contributed by atoms with van der Waals surface area (Å²) >= 11 is 0. The van der Waals surface area contributed by atoms with E-state index in [2.05, 4.69) is 29.2 Å². The fraction of sp³-hybridized carbons (Fsp3) is 0.625. The maximum absolute atomic E-state index is 2.80. The number of benzene rings is 1. The first-order chi connectivity index (χ1) is 8.43. The summed E-state index contributed by atoms with van der Waals surface area (Å²) in [4.78, 5) is 2.80. The lowest BCUT2D eigenvalue weighted by Gasteiger charge is -2.52. The quantitative estimate of drug-likeness (QED) is 0.658. The molecular weight excluding hydrogens is 206 g/mol. The van der Waals surface area contributed by atoms with E-state index in [1.165, 1.54) is 45.2 Å². The summed E-state index contributed by atoms with van der Waals surface area (Å²) in [5, 5.41) is 0. The highest BCUT2D eigenvalue weighted by Gasteiger charge is 2.43. The van der Waals surface area contributed by atoms with Crippen LogP contribution in [-0.2, 0) is 6.42 Å². The van der Waals surface area contributed by atoms with Crippen molar-refractivity contribution in [3.05, 3.63) is 35.4 Å². The zero-order chi connectivity index (χ0) is 11.2. The van der Waals surface area contributed by atoms with E-state index < -0.39 is 0 Å². The predicted molar refractivity (Wildman–Crippen MR) is 70.2 cm³/mol. The highest BCUT2D eigenvalue weighted by Crippen LogP contribution is 2.46. The standard InChI is InChI=1S/C16H21N/c1-2-7-14-12(5-1)11-13-6-3-9-17-10-4-8-15(14)16(13)17/h1-2,5,7,13,15-16H,3-4,6,8-11H2/t13-,15+,16+/m1/s1. The van der Waals surface area contributed by atoms with Gasteiger partial charge < -0.3 is 0 Å². The van der Waals surface area contributed by atoms with Crippen LogP contribution in [0, 0.1) is 5.92 Å². The Morgan fingerprint density at radius 2 is 1.82 bits per heavy atom. The van der Waals surface area contributed by atoms with Crippen molar-refractivity contribution in [3.63, 3.8) is 0 Å². The Kier molecular flexibility index (Phi) is 2.29. The molecule has 0 aromatic heterocycles. The van der Waals surface area contributed by atoms with Crippen molar-refractivity contribution in [2.75, 3.05) is 13.1 Å². The molecule has 17 heavy (non-hydrogen) atoms. The molecule has 2 aliphatic heterocycles. The molecule has 1 nitrogen and oxygen atoms in total. The number of rotatable bonds is 0. The van der Waals surface area contributed by atoms with Gasteiger partial charge in [-0.2, -0.15) is 0 Å². The second-order valence-electron chi connectivity index (χ2n) is 6.08. The van der Waals surface area contributed by atoms with Crippen LogP contribution in [0.15, 0.2) is 24.3 Å². The van der Waals surface area contributed by atoms with Gasteiger partial charge in [-0.15, -0.1) is 0 Å². The van der Waals surface area contributed by atoms with E-state index in [0.717, 1.165) is 17.9 Å². The third kappa shape index (κ3) is 1.48. The van der Waals surface area contributed by atoms with Gasteiger partial charge in [-0.25, -0.2) is 0 Å². The molecule has 0 spiro atoms. The summed E-state index contributed by atoms with van der Waals surface area (Å²) in [6, 6.07) is 10.1. The Balaban J connectivity index is 1.79. The highest BCUT2D eigenvalue weighted by molar-refractivity contribution is 5.36. The minimum Gasteiger partial charge on any atom is -0.299 e. The third-order valence-electron chi connectivity index (χ3n) is 5.23. The van der Waals surface area contributed by atoms with Gasteiger partial charge in [0.2, 0.25) is 0 Å². The molecule has 2 fully saturated rings. The van der Waals surface area contributed by atoms with Gasteiger partial charge in [-0.1, -0.05) is 24.3 Å². The monoisotopic (exact) mass is 227 g/mol. The normalized spacial score (nSPS) is 36.1. The zero-order valence-electron chi connectivity index (χ0n) is 10.4. The molecule has 0 saturated carbocycles. The number of nitrogens with zero attached hydrogens (tertiary/aromatic N) is 1. The van der Waals surface area contributed by atoms with Crippen LogP contribution in [0.3, 0.4) is 0 Å². The van der Waals surface area contributed by atoms with Gasteiger partial charge in [-0.05, 0) is 62.2 Å². The van der Waals surface area contributed by atoms with E-state index in [0.29, 0.717) is 0 Å². The average molecular weight is 227 g/mol. The molecule has 0 bridgehead atoms. The molecule has 0 N–H and O–H groups in total. The minimum absolute atomic E-state index is 0.846. The third-order valence-corrected chi connectivity index (χ3v) is 5.23. The van der Waals surface area contributed by atoms with Gasteiger partial charge in [0.1, 0.15) is 0 Å². The second-order valence-corrected chi connectivity index (χ2v) is 6.08. The molecule has 0 unspecified atom stereocenters. The molecule has 2 heterocycles. The first kappa shape index (κ1) is 10.1. The van der Waals surface area contributed by atoms with E-state index in [-0.39, 0.29) is 0 Å². The van der Waals surface area contributed by atoms with Crippen LogP contribution in [0.2, 0.25) is 0 Å². The number of hydrogen-bond acceptors (Lipinski definition) is 1. The van der Waals surface area contributed by atoms with Crippen molar-refractivity contribution in [1.29, 1.82) is 0 Å². The van der Waals surface area contributed by atoms with Crippen LogP contribution < -0.4 is 0 Å². The first-order valence-electron chi connectivity index (χ1n) is 7.25. The van der Waals surface area contributed by atoms with Crippen LogP contribution in [0.25, 0.3) is 0 Å². The smallest absolute Gasteiger partial charge is 0.0195 e. The van der Waals surface area contributed by atoms with Crippen molar-refractivity contribution in [2.45, 2.75) is 44.1 Å². The van der Waals surface area contributed by atoms with E-state index in [9.17, 15) is 0 Å². The Bertz CT molecular complexity index is 423. The fourth-order valence-corrected chi connectivity index (χ4v) is 4.63. The Morgan fingerprint density at radius 1 is 1.00 bits per heavy atom. The van der Waals surface area contributed by atoms with Crippen molar-refractivity contribution >= 4 is 0 Å². The summed E-state index contributed by atoms with van der Waals surface area (Å²) in [5.74, 6) is 1.79. The van der Waals surface area contributed by atoms with Gasteiger partial charge in [-0.3, -0.25) is 4.90 Å². The zero-order valence-corrected chi connectivity index (χ0v) is 10.4. The lowest BCUT2D eigenvalue weighted by Crippen LogP contribution is -2.54. The summed E-state index contributed by atoms with van der Waals surface area (Å²) < 4.78 is 0. The SMILES string of the molecule is c1ccc2c(c1)C[C@H]1CCCN3CCC[C@@H]2[C@H]13. The molecule has 90 valence electrons. The highest BCUT2D eigenvalue weighted by atomic mass is 15.2. The largest absolute Gasteiger partial charge is 0.299 e. The summed E-state index contributed by atoms with van der Waals surface area (Å²) in [7, 11) is 0. The summed E-state index contributed by atoms with van der Waals surface area (Å²) in [6.07, 6.45) is 7.06. The average Bonchev–Trinajstić information content (AvgIpc) is 2.39. The van der Waals surface area contributed by atoms with Crippen molar-refractivity contribution in [1.82, 2.24) is 4.90 Å². The summed E-state index contributed by atoms with van der Waals surface area (Å²) in [6.45, 7) is 2.72. The van der Waals surface area contributed by atoms with Gasteiger partial charge in [0.05, 0.1) is 0 Å². The van der Waals surface area contributed by atoms with Crippen LogP contribution in [0.1, 0.15) is 42.7 Å². The first-order valence-corrected chi connectivity index (χ1v) is 7.25. The second kappa shape index (κ2) is 3.84. The van der Waals surface area contributed by atoms with Gasteiger partial charge in [0.15, 0.2) is 0 Å². The van der Waals surface area contributed by atoms with Crippen LogP contribution >= 0.6 is 0 Å². The Labute approximate surface area is 104 Å². The molecule has 4 rings (SSSR count). The molecule has 1 aromatic rings. The van der Waals surface area contributed by atoms with Gasteiger partial charge in [0, 0.05) is 12.0 Å². The molecule has 0 amide bonds. The van der Waals surface area contributed by atoms with E-state index in [1.807, 2.05) is 0 Å². The van der Waals surface area contributed by atoms with Gasteiger partial charge >= 0.3 is 0 Å². The fourth-order valence-electron chi connectivity index (χ4n) is 4.63. The topological polar surface area (TPSA) is 3.24 Å². The summed E-state index contributed by atoms with van der Waals surface area (Å²) in [5.41, 5.74) is 3.34. The molecule has 0 radical (unpaired) electrons.